The number of imidazole rings is 1. The van der Waals surface area contributed by atoms with Crippen LogP contribution in [0.2, 0.25) is 0 Å². The van der Waals surface area contributed by atoms with Crippen molar-refractivity contribution in [1.82, 2.24) is 9.55 Å². The number of carbonyl (C=O) groups is 2. The highest BCUT2D eigenvalue weighted by atomic mass is 16.5. The van der Waals surface area contributed by atoms with E-state index >= 15 is 0 Å². The van der Waals surface area contributed by atoms with E-state index in [4.69, 9.17) is 14.1 Å². The Balaban J connectivity index is 1.66. The van der Waals surface area contributed by atoms with Gasteiger partial charge < -0.3 is 9.15 Å². The molecule has 0 N–H and O–H groups in total. The Morgan fingerprint density at radius 1 is 1.06 bits per heavy atom. The van der Waals surface area contributed by atoms with E-state index in [0.717, 1.165) is 16.6 Å². The molecule has 7 nitrogen and oxygen atoms in total. The third-order valence-corrected chi connectivity index (χ3v) is 5.79. The summed E-state index contributed by atoms with van der Waals surface area (Å²) in [5.74, 6) is -0.935. The zero-order chi connectivity index (χ0) is 22.1. The summed E-state index contributed by atoms with van der Waals surface area (Å²) in [7, 11) is 0. The molecule has 0 spiro atoms. The monoisotopic (exact) mass is 429 g/mol. The smallest absolute Gasteiger partial charge is 0.321 e. The molecule has 0 bridgehead atoms. The van der Waals surface area contributed by atoms with Gasteiger partial charge in [-0.2, -0.15) is 0 Å². The Labute approximate surface area is 185 Å². The molecule has 5 rings (SSSR count). The van der Waals surface area contributed by atoms with Gasteiger partial charge in [-0.05, 0) is 43.2 Å². The number of anilines is 1. The van der Waals surface area contributed by atoms with Crippen LogP contribution in [0.15, 0.2) is 77.4 Å². The van der Waals surface area contributed by atoms with Crippen LogP contribution >= 0.6 is 0 Å². The summed E-state index contributed by atoms with van der Waals surface area (Å²) in [4.78, 5) is 33.2. The fourth-order valence-electron chi connectivity index (χ4n) is 4.36. The van der Waals surface area contributed by atoms with Crippen molar-refractivity contribution in [1.29, 1.82) is 0 Å². The molecule has 1 aliphatic heterocycles. The molecule has 2 aromatic carbocycles. The number of esters is 1. The van der Waals surface area contributed by atoms with Crippen LogP contribution in [-0.4, -0.2) is 34.6 Å². The topological polar surface area (TPSA) is 77.6 Å². The summed E-state index contributed by atoms with van der Waals surface area (Å²) in [5, 5.41) is 0. The largest absolute Gasteiger partial charge is 0.467 e. The van der Waals surface area contributed by atoms with Crippen molar-refractivity contribution in [3.8, 4) is 0 Å². The molecule has 3 heterocycles. The Hall–Kier alpha value is -3.87. The molecular formula is C25H23N3O4. The van der Waals surface area contributed by atoms with Gasteiger partial charge in [0, 0.05) is 6.54 Å². The van der Waals surface area contributed by atoms with Crippen LogP contribution in [0.3, 0.4) is 0 Å². The number of carbonyl (C=O) groups excluding carboxylic acids is 2. The maximum atomic E-state index is 13.7. The molecule has 2 atom stereocenters. The lowest BCUT2D eigenvalue weighted by molar-refractivity contribution is -0.153. The standard InChI is InChI=1S/C25H23N3O4/c1-2-31-24(30)21-22(20-13-8-16-32-20)28-19-12-7-6-11-18(19)26-25(28)27(23(21)29)15-14-17-9-4-3-5-10-17/h3-13,16,21-22H,2,14-15H2,1H3/t21-,22-/m1/s1. The first-order valence-electron chi connectivity index (χ1n) is 10.7. The van der Waals surface area contributed by atoms with Gasteiger partial charge in [0.2, 0.25) is 11.9 Å². The molecule has 7 heteroatoms. The van der Waals surface area contributed by atoms with Crippen LogP contribution in [0.1, 0.15) is 24.3 Å². The van der Waals surface area contributed by atoms with E-state index in [0.29, 0.717) is 24.7 Å². The van der Waals surface area contributed by atoms with Gasteiger partial charge in [0.25, 0.3) is 0 Å². The second-order valence-corrected chi connectivity index (χ2v) is 7.69. The van der Waals surface area contributed by atoms with Crippen LogP contribution in [0.25, 0.3) is 11.0 Å². The number of aromatic nitrogens is 2. The summed E-state index contributed by atoms with van der Waals surface area (Å²) in [6.45, 7) is 2.32. The van der Waals surface area contributed by atoms with Crippen LogP contribution in [-0.2, 0) is 20.7 Å². The fourth-order valence-corrected chi connectivity index (χ4v) is 4.36. The minimum Gasteiger partial charge on any atom is -0.467 e. The number of ether oxygens (including phenoxy) is 1. The number of rotatable bonds is 6. The minimum atomic E-state index is -1.07. The summed E-state index contributed by atoms with van der Waals surface area (Å²) in [6, 6.07) is 20.5. The quantitative estimate of drug-likeness (QED) is 0.342. The van der Waals surface area contributed by atoms with Gasteiger partial charge in [-0.3, -0.25) is 19.1 Å². The van der Waals surface area contributed by atoms with Crippen LogP contribution in [0, 0.1) is 5.92 Å². The van der Waals surface area contributed by atoms with Crippen LogP contribution in [0.4, 0.5) is 5.95 Å². The molecule has 0 saturated carbocycles. The van der Waals surface area contributed by atoms with E-state index < -0.39 is 17.9 Å². The minimum absolute atomic E-state index is 0.190. The number of amides is 1. The number of fused-ring (bicyclic) bond motifs is 3. The molecule has 1 aliphatic rings. The van der Waals surface area contributed by atoms with Gasteiger partial charge in [0.15, 0.2) is 5.92 Å². The molecule has 0 radical (unpaired) electrons. The summed E-state index contributed by atoms with van der Waals surface area (Å²) >= 11 is 0. The molecule has 1 amide bonds. The third-order valence-electron chi connectivity index (χ3n) is 5.79. The van der Waals surface area contributed by atoms with Crippen molar-refractivity contribution < 1.29 is 18.7 Å². The van der Waals surface area contributed by atoms with Gasteiger partial charge >= 0.3 is 5.97 Å². The molecule has 0 unspecified atom stereocenters. The fraction of sp³-hybridized carbons (Fsp3) is 0.240. The predicted octanol–water partition coefficient (Wildman–Crippen LogP) is 3.99. The predicted molar refractivity (Wildman–Crippen MR) is 119 cm³/mol. The molecule has 0 fully saturated rings. The Kier molecular flexibility index (Phi) is 5.23. The van der Waals surface area contributed by atoms with Crippen molar-refractivity contribution in [3.63, 3.8) is 0 Å². The lowest BCUT2D eigenvalue weighted by Gasteiger charge is -2.36. The van der Waals surface area contributed by atoms with Gasteiger partial charge in [-0.25, -0.2) is 4.98 Å². The second-order valence-electron chi connectivity index (χ2n) is 7.69. The van der Waals surface area contributed by atoms with E-state index in [9.17, 15) is 9.59 Å². The molecule has 32 heavy (non-hydrogen) atoms. The van der Waals surface area contributed by atoms with Crippen molar-refractivity contribution in [3.05, 3.63) is 84.3 Å². The van der Waals surface area contributed by atoms with Crippen LogP contribution < -0.4 is 4.90 Å². The maximum absolute atomic E-state index is 13.7. The van der Waals surface area contributed by atoms with Crippen LogP contribution in [0.5, 0.6) is 0 Å². The van der Waals surface area contributed by atoms with Crippen molar-refractivity contribution in [2.45, 2.75) is 19.4 Å². The highest BCUT2D eigenvalue weighted by Crippen LogP contribution is 2.41. The van der Waals surface area contributed by atoms with Crippen molar-refractivity contribution >= 4 is 28.9 Å². The van der Waals surface area contributed by atoms with E-state index in [-0.39, 0.29) is 12.5 Å². The summed E-state index contributed by atoms with van der Waals surface area (Å²) in [6.07, 6.45) is 2.18. The first-order valence-corrected chi connectivity index (χ1v) is 10.7. The summed E-state index contributed by atoms with van der Waals surface area (Å²) < 4.78 is 13.0. The lowest BCUT2D eigenvalue weighted by Crippen LogP contribution is -2.50. The molecule has 0 saturated heterocycles. The van der Waals surface area contributed by atoms with Gasteiger partial charge in [0.05, 0.1) is 23.9 Å². The lowest BCUT2D eigenvalue weighted by atomic mass is 9.93. The SMILES string of the molecule is CCOC(=O)[C@H]1C(=O)N(CCc2ccccc2)c2nc3ccccc3n2[C@@H]1c1ccco1. The zero-order valence-electron chi connectivity index (χ0n) is 17.7. The van der Waals surface area contributed by atoms with Gasteiger partial charge in [0.1, 0.15) is 11.8 Å². The highest BCUT2D eigenvalue weighted by molar-refractivity contribution is 6.08. The molecular weight excluding hydrogens is 406 g/mol. The number of nitrogens with zero attached hydrogens (tertiary/aromatic N) is 3. The first-order chi connectivity index (χ1) is 15.7. The second kappa shape index (κ2) is 8.34. The Bertz CT molecular complexity index is 1250. The number of benzene rings is 2. The Morgan fingerprint density at radius 2 is 1.84 bits per heavy atom. The average Bonchev–Trinajstić information content (AvgIpc) is 3.47. The van der Waals surface area contributed by atoms with Crippen molar-refractivity contribution in [2.75, 3.05) is 18.1 Å². The zero-order valence-corrected chi connectivity index (χ0v) is 17.7. The molecule has 2 aromatic heterocycles. The van der Waals surface area contributed by atoms with E-state index in [1.807, 2.05) is 59.2 Å². The van der Waals surface area contributed by atoms with Crippen molar-refractivity contribution in [2.24, 2.45) is 5.92 Å². The number of furan rings is 1. The molecule has 4 aromatic rings. The van der Waals surface area contributed by atoms with E-state index in [1.165, 1.54) is 0 Å². The van der Waals surface area contributed by atoms with E-state index in [1.54, 1.807) is 30.2 Å². The summed E-state index contributed by atoms with van der Waals surface area (Å²) in [5.41, 5.74) is 2.68. The molecule has 162 valence electrons. The normalized spacial score (nSPS) is 18.0. The maximum Gasteiger partial charge on any atom is 0.321 e. The third kappa shape index (κ3) is 3.36. The number of para-hydroxylation sites is 2. The van der Waals surface area contributed by atoms with Gasteiger partial charge in [-0.15, -0.1) is 0 Å². The molecule has 0 aliphatic carbocycles. The van der Waals surface area contributed by atoms with Gasteiger partial charge in [-0.1, -0.05) is 42.5 Å². The number of hydrogen-bond acceptors (Lipinski definition) is 5. The Morgan fingerprint density at radius 3 is 2.59 bits per heavy atom. The number of hydrogen-bond donors (Lipinski definition) is 0. The van der Waals surface area contributed by atoms with E-state index in [2.05, 4.69) is 0 Å². The average molecular weight is 429 g/mol. The highest BCUT2D eigenvalue weighted by Gasteiger charge is 2.48. The first kappa shape index (κ1) is 20.1.